The lowest BCUT2D eigenvalue weighted by molar-refractivity contribution is 0.0354. The van der Waals surface area contributed by atoms with Gasteiger partial charge in [0.25, 0.3) is 0 Å². The summed E-state index contributed by atoms with van der Waals surface area (Å²) in [5.41, 5.74) is 0.899. The van der Waals surface area contributed by atoms with Gasteiger partial charge in [0.2, 0.25) is 0 Å². The molecule has 25 heavy (non-hydrogen) atoms. The second-order valence-electron chi connectivity index (χ2n) is 6.96. The molecule has 2 heterocycles. The normalized spacial score (nSPS) is 24.0. The van der Waals surface area contributed by atoms with Gasteiger partial charge in [-0.1, -0.05) is 12.1 Å². The summed E-state index contributed by atoms with van der Waals surface area (Å²) in [4.78, 5) is 4.61. The number of rotatable bonds is 7. The first kappa shape index (κ1) is 18.8. The Morgan fingerprint density at radius 3 is 2.76 bits per heavy atom. The number of hydrogen-bond acceptors (Lipinski definition) is 5. The Bertz CT molecular complexity index is 662. The average Bonchev–Trinajstić information content (AvgIpc) is 2.95. The summed E-state index contributed by atoms with van der Waals surface area (Å²) < 4.78 is 42.6. The van der Waals surface area contributed by atoms with Gasteiger partial charge in [0.15, 0.2) is 9.84 Å². The molecule has 140 valence electrons. The van der Waals surface area contributed by atoms with Crippen LogP contribution < -0.4 is 0 Å². The third kappa shape index (κ3) is 5.74. The van der Waals surface area contributed by atoms with E-state index in [1.807, 2.05) is 6.07 Å². The summed E-state index contributed by atoms with van der Waals surface area (Å²) in [5.74, 6) is 0.241. The molecule has 0 spiro atoms. The predicted molar refractivity (Wildman–Crippen MR) is 95.7 cm³/mol. The Balaban J connectivity index is 1.59. The van der Waals surface area contributed by atoms with Crippen LogP contribution in [0.3, 0.4) is 0 Å². The van der Waals surface area contributed by atoms with Gasteiger partial charge in [-0.05, 0) is 37.1 Å². The molecule has 0 radical (unpaired) electrons. The fourth-order valence-corrected chi connectivity index (χ4v) is 5.41. The van der Waals surface area contributed by atoms with Crippen molar-refractivity contribution < 1.29 is 17.5 Å². The van der Waals surface area contributed by atoms with Crippen LogP contribution >= 0.6 is 0 Å². The predicted octanol–water partition coefficient (Wildman–Crippen LogP) is 1.54. The Morgan fingerprint density at radius 2 is 2.08 bits per heavy atom. The zero-order chi connectivity index (χ0) is 17.7. The molecule has 0 N–H and O–H groups in total. The molecule has 0 saturated carbocycles. The highest BCUT2D eigenvalue weighted by molar-refractivity contribution is 7.91. The van der Waals surface area contributed by atoms with Gasteiger partial charge < -0.3 is 4.74 Å². The first-order valence-electron chi connectivity index (χ1n) is 9.01. The molecule has 0 aromatic heterocycles. The van der Waals surface area contributed by atoms with Crippen molar-refractivity contribution in [3.63, 3.8) is 0 Å². The summed E-state index contributed by atoms with van der Waals surface area (Å²) in [6.45, 7) is 5.91. The Kier molecular flexibility index (Phi) is 6.44. The molecule has 2 saturated heterocycles. The van der Waals surface area contributed by atoms with Crippen molar-refractivity contribution in [1.29, 1.82) is 0 Å². The van der Waals surface area contributed by atoms with Crippen LogP contribution in [0.25, 0.3) is 0 Å². The van der Waals surface area contributed by atoms with Crippen molar-refractivity contribution in [2.45, 2.75) is 25.4 Å². The van der Waals surface area contributed by atoms with Gasteiger partial charge in [0.05, 0.1) is 24.7 Å². The summed E-state index contributed by atoms with van der Waals surface area (Å²) in [6.07, 6.45) is 1.65. The van der Waals surface area contributed by atoms with Crippen molar-refractivity contribution in [1.82, 2.24) is 9.80 Å². The van der Waals surface area contributed by atoms with Crippen molar-refractivity contribution in [3.8, 4) is 0 Å². The minimum atomic E-state index is -2.93. The molecule has 1 aromatic rings. The van der Waals surface area contributed by atoms with E-state index in [1.165, 1.54) is 6.07 Å². The molecule has 2 fully saturated rings. The molecule has 0 bridgehead atoms. The monoisotopic (exact) mass is 370 g/mol. The van der Waals surface area contributed by atoms with Gasteiger partial charge in [-0.25, -0.2) is 12.8 Å². The van der Waals surface area contributed by atoms with Gasteiger partial charge in [0.1, 0.15) is 5.82 Å². The van der Waals surface area contributed by atoms with E-state index in [0.29, 0.717) is 13.0 Å². The number of nitrogens with zero attached hydrogens (tertiary/aromatic N) is 2. The molecule has 0 aliphatic carbocycles. The third-order valence-electron chi connectivity index (χ3n) is 5.02. The fraction of sp³-hybridized carbons (Fsp3) is 0.667. The zero-order valence-corrected chi connectivity index (χ0v) is 15.4. The first-order valence-corrected chi connectivity index (χ1v) is 10.8. The SMILES string of the molecule is O=S1(=O)CC[C@H](N(CCCN2CCOCC2)Cc2cccc(F)c2)C1. The van der Waals surface area contributed by atoms with E-state index in [2.05, 4.69) is 9.80 Å². The van der Waals surface area contributed by atoms with Crippen LogP contribution in [0, 0.1) is 5.82 Å². The highest BCUT2D eigenvalue weighted by Gasteiger charge is 2.32. The van der Waals surface area contributed by atoms with Crippen LogP contribution in [0.4, 0.5) is 4.39 Å². The van der Waals surface area contributed by atoms with E-state index in [0.717, 1.165) is 51.4 Å². The van der Waals surface area contributed by atoms with Crippen LogP contribution in [-0.2, 0) is 21.1 Å². The largest absolute Gasteiger partial charge is 0.379 e. The Morgan fingerprint density at radius 1 is 1.28 bits per heavy atom. The molecule has 0 unspecified atom stereocenters. The van der Waals surface area contributed by atoms with E-state index in [-0.39, 0.29) is 23.4 Å². The van der Waals surface area contributed by atoms with Gasteiger partial charge in [-0.2, -0.15) is 0 Å². The summed E-state index contributed by atoms with van der Waals surface area (Å²) in [6, 6.07) is 6.63. The first-order chi connectivity index (χ1) is 12.0. The van der Waals surface area contributed by atoms with Gasteiger partial charge in [0, 0.05) is 32.2 Å². The van der Waals surface area contributed by atoms with Crippen LogP contribution in [0.15, 0.2) is 24.3 Å². The van der Waals surface area contributed by atoms with Crippen molar-refractivity contribution in [2.75, 3.05) is 50.9 Å². The second kappa shape index (κ2) is 8.58. The number of halogens is 1. The number of morpholine rings is 1. The topological polar surface area (TPSA) is 49.9 Å². The third-order valence-corrected chi connectivity index (χ3v) is 6.77. The van der Waals surface area contributed by atoms with Gasteiger partial charge in [-0.3, -0.25) is 9.80 Å². The highest BCUT2D eigenvalue weighted by atomic mass is 32.2. The van der Waals surface area contributed by atoms with Crippen LogP contribution in [0.1, 0.15) is 18.4 Å². The lowest BCUT2D eigenvalue weighted by Gasteiger charge is -2.31. The number of ether oxygens (including phenoxy) is 1. The molecule has 5 nitrogen and oxygen atoms in total. The maximum absolute atomic E-state index is 13.5. The van der Waals surface area contributed by atoms with Gasteiger partial charge >= 0.3 is 0 Å². The van der Waals surface area contributed by atoms with E-state index in [4.69, 9.17) is 4.74 Å². The fourth-order valence-electron chi connectivity index (χ4n) is 3.65. The Hall–Kier alpha value is -1.02. The molecule has 1 atom stereocenters. The molecule has 2 aliphatic rings. The summed E-state index contributed by atoms with van der Waals surface area (Å²) in [5, 5.41) is 0. The molecule has 3 rings (SSSR count). The molecule has 2 aliphatic heterocycles. The maximum Gasteiger partial charge on any atom is 0.151 e. The van der Waals surface area contributed by atoms with E-state index in [9.17, 15) is 12.8 Å². The molecular formula is C18H27FN2O3S. The van der Waals surface area contributed by atoms with Crippen molar-refractivity contribution in [3.05, 3.63) is 35.6 Å². The van der Waals surface area contributed by atoms with Crippen LogP contribution in [0.2, 0.25) is 0 Å². The maximum atomic E-state index is 13.5. The Labute approximate surface area is 149 Å². The van der Waals surface area contributed by atoms with E-state index < -0.39 is 9.84 Å². The number of sulfone groups is 1. The highest BCUT2D eigenvalue weighted by Crippen LogP contribution is 2.21. The quantitative estimate of drug-likeness (QED) is 0.729. The van der Waals surface area contributed by atoms with Crippen LogP contribution in [0.5, 0.6) is 0 Å². The molecule has 1 aromatic carbocycles. The summed E-state index contributed by atoms with van der Waals surface area (Å²) in [7, 11) is -2.93. The lowest BCUT2D eigenvalue weighted by Crippen LogP contribution is -2.40. The van der Waals surface area contributed by atoms with Crippen LogP contribution in [-0.4, -0.2) is 75.2 Å². The summed E-state index contributed by atoms with van der Waals surface area (Å²) >= 11 is 0. The standard InChI is InChI=1S/C18H27FN2O3S/c19-17-4-1-3-16(13-17)14-21(18-5-12-25(22,23)15-18)7-2-6-20-8-10-24-11-9-20/h1,3-4,13,18H,2,5-12,14-15H2/t18-/m0/s1. The smallest absolute Gasteiger partial charge is 0.151 e. The average molecular weight is 370 g/mol. The molecule has 0 amide bonds. The number of hydrogen-bond donors (Lipinski definition) is 0. The second-order valence-corrected chi connectivity index (χ2v) is 9.19. The molecular weight excluding hydrogens is 343 g/mol. The minimum Gasteiger partial charge on any atom is -0.379 e. The van der Waals surface area contributed by atoms with E-state index in [1.54, 1.807) is 12.1 Å². The number of benzene rings is 1. The lowest BCUT2D eigenvalue weighted by atomic mass is 10.1. The zero-order valence-electron chi connectivity index (χ0n) is 14.6. The van der Waals surface area contributed by atoms with Crippen molar-refractivity contribution in [2.24, 2.45) is 0 Å². The molecule has 7 heteroatoms. The van der Waals surface area contributed by atoms with E-state index >= 15 is 0 Å². The minimum absolute atomic E-state index is 0.0398. The van der Waals surface area contributed by atoms with Gasteiger partial charge in [-0.15, -0.1) is 0 Å². The van der Waals surface area contributed by atoms with Crippen molar-refractivity contribution >= 4 is 9.84 Å².